The number of amides is 1. The molecule has 3 aliphatic rings. The van der Waals surface area contributed by atoms with E-state index in [4.69, 9.17) is 9.47 Å². The van der Waals surface area contributed by atoms with Gasteiger partial charge in [-0.05, 0) is 40.0 Å². The Kier molecular flexibility index (Phi) is 6.96. The van der Waals surface area contributed by atoms with Gasteiger partial charge in [0.1, 0.15) is 5.82 Å². The minimum Gasteiger partial charge on any atom is -0.461 e. The van der Waals surface area contributed by atoms with E-state index in [1.54, 1.807) is 18.5 Å². The average molecular weight is 499 g/mol. The molecule has 5 rings (SSSR count). The van der Waals surface area contributed by atoms with Gasteiger partial charge in [-0.3, -0.25) is 9.88 Å². The van der Waals surface area contributed by atoms with Crippen molar-refractivity contribution in [3.05, 3.63) is 30.5 Å². The summed E-state index contributed by atoms with van der Waals surface area (Å²) >= 11 is 0. The second kappa shape index (κ2) is 10.2. The summed E-state index contributed by atoms with van der Waals surface area (Å²) in [5.41, 5.74) is 2.43. The standard InChI is InChI=1S/C26H35FN6O3/c1-4-35-25(34)33-16-26(17-33)6-5-21(12-26)31-7-9-32(10-8-31)22-11-20(27)15-28-23(22)19-13-29-24(30-14-19)36-18(2)3/h11,13-15,18,21H,4-10,12,16-17H2,1-3H3. The summed E-state index contributed by atoms with van der Waals surface area (Å²) in [4.78, 5) is 31.5. The van der Waals surface area contributed by atoms with Crippen molar-refractivity contribution in [3.8, 4) is 17.3 Å². The predicted molar refractivity (Wildman–Crippen MR) is 133 cm³/mol. The maximum Gasteiger partial charge on any atom is 0.409 e. The molecule has 3 fully saturated rings. The predicted octanol–water partition coefficient (Wildman–Crippen LogP) is 3.60. The monoisotopic (exact) mass is 498 g/mol. The Labute approximate surface area is 211 Å². The number of anilines is 1. The number of carbonyl (C=O) groups is 1. The summed E-state index contributed by atoms with van der Waals surface area (Å²) in [5, 5.41) is 0. The van der Waals surface area contributed by atoms with Crippen LogP contribution in [0.25, 0.3) is 11.3 Å². The number of hydrogen-bond donors (Lipinski definition) is 0. The number of ether oxygens (including phenoxy) is 2. The molecule has 1 unspecified atom stereocenters. The lowest BCUT2D eigenvalue weighted by Crippen LogP contribution is -2.58. The summed E-state index contributed by atoms with van der Waals surface area (Å²) in [6.07, 6.45) is 7.84. The van der Waals surface area contributed by atoms with Crippen LogP contribution in [0.3, 0.4) is 0 Å². The number of hydrogen-bond acceptors (Lipinski definition) is 8. The molecule has 1 spiro atoms. The highest BCUT2D eigenvalue weighted by atomic mass is 19.1. The van der Waals surface area contributed by atoms with E-state index in [0.717, 1.165) is 69.8 Å². The number of aromatic nitrogens is 3. The third-order valence-electron chi connectivity index (χ3n) is 7.50. The first kappa shape index (κ1) is 24.7. The molecule has 0 aromatic carbocycles. The Balaban J connectivity index is 1.20. The molecule has 1 aliphatic carbocycles. The van der Waals surface area contributed by atoms with Crippen LogP contribution in [0.4, 0.5) is 14.9 Å². The number of rotatable bonds is 6. The quantitative estimate of drug-likeness (QED) is 0.598. The topological polar surface area (TPSA) is 83.9 Å². The van der Waals surface area contributed by atoms with E-state index in [1.807, 2.05) is 25.7 Å². The van der Waals surface area contributed by atoms with Gasteiger partial charge in [0.2, 0.25) is 0 Å². The maximum absolute atomic E-state index is 14.2. The highest BCUT2D eigenvalue weighted by Crippen LogP contribution is 2.47. The van der Waals surface area contributed by atoms with E-state index in [9.17, 15) is 9.18 Å². The number of piperazine rings is 1. The lowest BCUT2D eigenvalue weighted by atomic mass is 9.78. The second-order valence-electron chi connectivity index (χ2n) is 10.4. The van der Waals surface area contributed by atoms with E-state index in [-0.39, 0.29) is 23.4 Å². The fourth-order valence-corrected chi connectivity index (χ4v) is 5.81. The first-order chi connectivity index (χ1) is 17.4. The van der Waals surface area contributed by atoms with Gasteiger partial charge in [0.25, 0.3) is 0 Å². The average Bonchev–Trinajstić information content (AvgIpc) is 3.30. The molecule has 1 atom stereocenters. The summed E-state index contributed by atoms with van der Waals surface area (Å²) in [5.74, 6) is -0.356. The number of nitrogens with zero attached hydrogens (tertiary/aromatic N) is 6. The van der Waals surface area contributed by atoms with Gasteiger partial charge in [-0.2, -0.15) is 0 Å². The lowest BCUT2D eigenvalue weighted by Gasteiger charge is -2.48. The van der Waals surface area contributed by atoms with Crippen molar-refractivity contribution < 1.29 is 18.7 Å². The zero-order chi connectivity index (χ0) is 25.3. The fraction of sp³-hybridized carbons (Fsp3) is 0.615. The van der Waals surface area contributed by atoms with Gasteiger partial charge in [-0.15, -0.1) is 0 Å². The molecule has 9 nitrogen and oxygen atoms in total. The highest BCUT2D eigenvalue weighted by molar-refractivity contribution is 5.74. The van der Waals surface area contributed by atoms with Crippen LogP contribution < -0.4 is 9.64 Å². The molecule has 2 aromatic heterocycles. The van der Waals surface area contributed by atoms with E-state index in [1.165, 1.54) is 6.20 Å². The summed E-state index contributed by atoms with van der Waals surface area (Å²) < 4.78 is 24.9. The Morgan fingerprint density at radius 1 is 1.14 bits per heavy atom. The molecule has 1 amide bonds. The molecule has 0 N–H and O–H groups in total. The number of halogens is 1. The molecule has 4 heterocycles. The molecule has 2 aliphatic heterocycles. The Morgan fingerprint density at radius 2 is 1.86 bits per heavy atom. The van der Waals surface area contributed by atoms with Gasteiger partial charge in [0.05, 0.1) is 30.3 Å². The molecule has 0 bridgehead atoms. The second-order valence-corrected chi connectivity index (χ2v) is 10.4. The van der Waals surface area contributed by atoms with Gasteiger partial charge >= 0.3 is 12.1 Å². The van der Waals surface area contributed by atoms with Crippen LogP contribution in [-0.4, -0.2) is 88.9 Å². The van der Waals surface area contributed by atoms with Crippen LogP contribution in [-0.2, 0) is 4.74 Å². The van der Waals surface area contributed by atoms with Gasteiger partial charge in [0, 0.05) is 74.7 Å². The van der Waals surface area contributed by atoms with Crippen LogP contribution in [0.5, 0.6) is 6.01 Å². The van der Waals surface area contributed by atoms with Gasteiger partial charge in [-0.1, -0.05) is 0 Å². The van der Waals surface area contributed by atoms with Gasteiger partial charge in [0.15, 0.2) is 0 Å². The maximum atomic E-state index is 14.2. The highest BCUT2D eigenvalue weighted by Gasteiger charge is 2.51. The summed E-state index contributed by atoms with van der Waals surface area (Å²) in [6.45, 7) is 11.1. The Morgan fingerprint density at radius 3 is 2.53 bits per heavy atom. The van der Waals surface area contributed by atoms with Gasteiger partial charge in [-0.25, -0.2) is 19.2 Å². The van der Waals surface area contributed by atoms with Crippen LogP contribution >= 0.6 is 0 Å². The Bertz CT molecular complexity index is 1070. The first-order valence-electron chi connectivity index (χ1n) is 12.9. The van der Waals surface area contributed by atoms with Crippen molar-refractivity contribution in [2.24, 2.45) is 5.41 Å². The first-order valence-corrected chi connectivity index (χ1v) is 12.9. The molecule has 36 heavy (non-hydrogen) atoms. The van der Waals surface area contributed by atoms with E-state index in [2.05, 4.69) is 24.8 Å². The van der Waals surface area contributed by atoms with Crippen LogP contribution in [0, 0.1) is 11.2 Å². The van der Waals surface area contributed by atoms with E-state index < -0.39 is 0 Å². The minimum absolute atomic E-state index is 0.0119. The SMILES string of the molecule is CCOC(=O)N1CC2(CCC(N3CCN(c4cc(F)cnc4-c4cnc(OC(C)C)nc4)CC3)C2)C1. The summed E-state index contributed by atoms with van der Waals surface area (Å²) in [6, 6.07) is 2.40. The number of carbonyl (C=O) groups excluding carboxylic acids is 1. The van der Waals surface area contributed by atoms with Crippen molar-refractivity contribution in [1.82, 2.24) is 24.8 Å². The number of pyridine rings is 1. The van der Waals surface area contributed by atoms with Crippen LogP contribution in [0.2, 0.25) is 0 Å². The third-order valence-corrected chi connectivity index (χ3v) is 7.50. The summed E-state index contributed by atoms with van der Waals surface area (Å²) in [7, 11) is 0. The van der Waals surface area contributed by atoms with Crippen molar-refractivity contribution in [1.29, 1.82) is 0 Å². The van der Waals surface area contributed by atoms with Crippen molar-refractivity contribution in [3.63, 3.8) is 0 Å². The minimum atomic E-state index is -0.356. The Hall–Kier alpha value is -3.01. The molecule has 10 heteroatoms. The zero-order valence-corrected chi connectivity index (χ0v) is 21.3. The van der Waals surface area contributed by atoms with Crippen molar-refractivity contribution >= 4 is 11.8 Å². The molecule has 2 aromatic rings. The van der Waals surface area contributed by atoms with Crippen molar-refractivity contribution in [2.45, 2.75) is 52.2 Å². The molecule has 1 saturated carbocycles. The zero-order valence-electron chi connectivity index (χ0n) is 21.3. The lowest BCUT2D eigenvalue weighted by molar-refractivity contribution is -0.00294. The van der Waals surface area contributed by atoms with Crippen LogP contribution in [0.15, 0.2) is 24.7 Å². The molecular formula is C26H35FN6O3. The fourth-order valence-electron chi connectivity index (χ4n) is 5.81. The van der Waals surface area contributed by atoms with Crippen molar-refractivity contribution in [2.75, 3.05) is 50.8 Å². The van der Waals surface area contributed by atoms with Crippen LogP contribution in [0.1, 0.15) is 40.0 Å². The largest absolute Gasteiger partial charge is 0.461 e. The molecule has 194 valence electrons. The smallest absolute Gasteiger partial charge is 0.409 e. The normalized spacial score (nSPS) is 21.6. The third kappa shape index (κ3) is 5.09. The number of likely N-dealkylation sites (tertiary alicyclic amines) is 1. The molecular weight excluding hydrogens is 463 g/mol. The van der Waals surface area contributed by atoms with Gasteiger partial charge < -0.3 is 19.3 Å². The molecule has 0 radical (unpaired) electrons. The van der Waals surface area contributed by atoms with E-state index >= 15 is 0 Å². The molecule has 2 saturated heterocycles. The van der Waals surface area contributed by atoms with E-state index in [0.29, 0.717) is 24.4 Å².